The molecule has 0 aromatic heterocycles. The number of benzene rings is 1. The third kappa shape index (κ3) is 3.62. The van der Waals surface area contributed by atoms with Crippen LogP contribution in [0.15, 0.2) is 18.2 Å². The van der Waals surface area contributed by atoms with E-state index in [0.717, 1.165) is 13.1 Å². The van der Waals surface area contributed by atoms with Gasteiger partial charge in [-0.1, -0.05) is 23.8 Å². The van der Waals surface area contributed by atoms with Crippen molar-refractivity contribution in [3.05, 3.63) is 34.9 Å². The number of nitrogens with zero attached hydrogens (tertiary/aromatic N) is 1. The molecule has 2 rings (SSSR count). The Balaban J connectivity index is 1.89. The van der Waals surface area contributed by atoms with Gasteiger partial charge in [-0.05, 0) is 58.6 Å². The van der Waals surface area contributed by atoms with E-state index in [-0.39, 0.29) is 0 Å². The Morgan fingerprint density at radius 2 is 1.90 bits per heavy atom. The van der Waals surface area contributed by atoms with Crippen LogP contribution < -0.4 is 5.32 Å². The molecule has 1 aromatic rings. The minimum atomic E-state index is 0.561. The quantitative estimate of drug-likeness (QED) is 0.851. The molecule has 112 valence electrons. The number of aryl methyl sites for hydroxylation is 2. The standard InChI is InChI=1S/C18H30N2/c1-13(2)20(14(3)4)11-10-19-18-9-8-16-7-6-15(5)12-17(16)18/h6-7,12-14,18-19H,8-11H2,1-5H3. The number of hydrogen-bond acceptors (Lipinski definition) is 2. The van der Waals surface area contributed by atoms with Gasteiger partial charge >= 0.3 is 0 Å². The highest BCUT2D eigenvalue weighted by Gasteiger charge is 2.22. The number of rotatable bonds is 6. The lowest BCUT2D eigenvalue weighted by molar-refractivity contribution is 0.174. The fourth-order valence-electron chi connectivity index (χ4n) is 3.41. The third-order valence-electron chi connectivity index (χ3n) is 4.47. The molecule has 0 bridgehead atoms. The van der Waals surface area contributed by atoms with Crippen molar-refractivity contribution < 1.29 is 0 Å². The lowest BCUT2D eigenvalue weighted by Crippen LogP contribution is -2.41. The predicted molar refractivity (Wildman–Crippen MR) is 87.2 cm³/mol. The number of hydrogen-bond donors (Lipinski definition) is 1. The molecule has 2 nitrogen and oxygen atoms in total. The van der Waals surface area contributed by atoms with Gasteiger partial charge in [-0.15, -0.1) is 0 Å². The maximum absolute atomic E-state index is 3.76. The van der Waals surface area contributed by atoms with Crippen LogP contribution in [-0.4, -0.2) is 30.1 Å². The van der Waals surface area contributed by atoms with Crippen LogP contribution in [0.25, 0.3) is 0 Å². The van der Waals surface area contributed by atoms with Gasteiger partial charge in [0, 0.05) is 31.2 Å². The van der Waals surface area contributed by atoms with Crippen molar-refractivity contribution in [2.24, 2.45) is 0 Å². The fourth-order valence-corrected chi connectivity index (χ4v) is 3.41. The first kappa shape index (κ1) is 15.5. The third-order valence-corrected chi connectivity index (χ3v) is 4.47. The van der Waals surface area contributed by atoms with E-state index in [4.69, 9.17) is 0 Å². The van der Waals surface area contributed by atoms with Gasteiger partial charge in [-0.2, -0.15) is 0 Å². The molecule has 0 aliphatic heterocycles. The molecular formula is C18H30N2. The zero-order valence-corrected chi connectivity index (χ0v) is 13.7. The fraction of sp³-hybridized carbons (Fsp3) is 0.667. The summed E-state index contributed by atoms with van der Waals surface area (Å²) >= 11 is 0. The molecule has 1 aliphatic rings. The van der Waals surface area contributed by atoms with Gasteiger partial charge in [-0.25, -0.2) is 0 Å². The highest BCUT2D eigenvalue weighted by Crippen LogP contribution is 2.31. The van der Waals surface area contributed by atoms with E-state index in [0.29, 0.717) is 18.1 Å². The topological polar surface area (TPSA) is 15.3 Å². The van der Waals surface area contributed by atoms with Gasteiger partial charge in [0.05, 0.1) is 0 Å². The SMILES string of the molecule is Cc1ccc2c(c1)C(NCCN(C(C)C)C(C)C)CC2. The molecule has 0 spiro atoms. The molecule has 0 saturated carbocycles. The normalized spacial score (nSPS) is 18.3. The smallest absolute Gasteiger partial charge is 0.0326 e. The van der Waals surface area contributed by atoms with E-state index < -0.39 is 0 Å². The maximum atomic E-state index is 3.76. The van der Waals surface area contributed by atoms with Gasteiger partial charge in [-0.3, -0.25) is 4.90 Å². The van der Waals surface area contributed by atoms with Crippen LogP contribution in [0.2, 0.25) is 0 Å². The molecule has 1 atom stereocenters. The summed E-state index contributed by atoms with van der Waals surface area (Å²) in [6, 6.07) is 8.71. The van der Waals surface area contributed by atoms with Crippen LogP contribution in [0.1, 0.15) is 56.8 Å². The molecule has 1 N–H and O–H groups in total. The Bertz CT molecular complexity index is 429. The molecular weight excluding hydrogens is 244 g/mol. The van der Waals surface area contributed by atoms with Crippen LogP contribution >= 0.6 is 0 Å². The van der Waals surface area contributed by atoms with Gasteiger partial charge in [0.15, 0.2) is 0 Å². The van der Waals surface area contributed by atoms with Crippen molar-refractivity contribution in [2.75, 3.05) is 13.1 Å². The average molecular weight is 274 g/mol. The second kappa shape index (κ2) is 6.73. The lowest BCUT2D eigenvalue weighted by Gasteiger charge is -2.31. The molecule has 0 saturated heterocycles. The molecule has 1 aliphatic carbocycles. The Labute approximate surface area is 124 Å². The minimum absolute atomic E-state index is 0.561. The van der Waals surface area contributed by atoms with Crippen molar-refractivity contribution >= 4 is 0 Å². The first-order valence-electron chi connectivity index (χ1n) is 8.07. The zero-order valence-electron chi connectivity index (χ0n) is 13.7. The summed E-state index contributed by atoms with van der Waals surface area (Å²) in [5, 5.41) is 3.76. The van der Waals surface area contributed by atoms with E-state index in [1.54, 1.807) is 0 Å². The molecule has 0 radical (unpaired) electrons. The second-order valence-electron chi connectivity index (χ2n) is 6.67. The molecule has 1 unspecified atom stereocenters. The van der Waals surface area contributed by atoms with Crippen molar-refractivity contribution in [1.29, 1.82) is 0 Å². The second-order valence-corrected chi connectivity index (χ2v) is 6.67. The van der Waals surface area contributed by atoms with E-state index in [1.807, 2.05) is 0 Å². The molecule has 0 amide bonds. The molecule has 20 heavy (non-hydrogen) atoms. The van der Waals surface area contributed by atoms with Crippen LogP contribution in [0.3, 0.4) is 0 Å². The van der Waals surface area contributed by atoms with Gasteiger partial charge in [0.2, 0.25) is 0 Å². The van der Waals surface area contributed by atoms with Crippen LogP contribution in [-0.2, 0) is 6.42 Å². The van der Waals surface area contributed by atoms with Gasteiger partial charge in [0.1, 0.15) is 0 Å². The average Bonchev–Trinajstić information content (AvgIpc) is 2.76. The Morgan fingerprint density at radius 1 is 1.20 bits per heavy atom. The van der Waals surface area contributed by atoms with E-state index in [9.17, 15) is 0 Å². The van der Waals surface area contributed by atoms with E-state index >= 15 is 0 Å². The van der Waals surface area contributed by atoms with Crippen molar-refractivity contribution in [3.63, 3.8) is 0 Å². The summed E-state index contributed by atoms with van der Waals surface area (Å²) in [5.74, 6) is 0. The zero-order chi connectivity index (χ0) is 14.7. The van der Waals surface area contributed by atoms with Crippen LogP contribution in [0, 0.1) is 6.92 Å². The predicted octanol–water partition coefficient (Wildman–Crippen LogP) is 3.69. The summed E-state index contributed by atoms with van der Waals surface area (Å²) in [4.78, 5) is 2.55. The maximum Gasteiger partial charge on any atom is 0.0326 e. The van der Waals surface area contributed by atoms with Crippen molar-refractivity contribution in [2.45, 2.75) is 65.6 Å². The summed E-state index contributed by atoms with van der Waals surface area (Å²) in [6.07, 6.45) is 2.48. The summed E-state index contributed by atoms with van der Waals surface area (Å²) in [6.45, 7) is 13.5. The van der Waals surface area contributed by atoms with Crippen molar-refractivity contribution in [1.82, 2.24) is 10.2 Å². The molecule has 2 heteroatoms. The van der Waals surface area contributed by atoms with Gasteiger partial charge in [0.25, 0.3) is 0 Å². The first-order valence-corrected chi connectivity index (χ1v) is 8.07. The highest BCUT2D eigenvalue weighted by atomic mass is 15.2. The first-order chi connectivity index (χ1) is 9.49. The molecule has 1 aromatic carbocycles. The largest absolute Gasteiger partial charge is 0.309 e. The summed E-state index contributed by atoms with van der Waals surface area (Å²) in [7, 11) is 0. The van der Waals surface area contributed by atoms with E-state index in [2.05, 4.69) is 63.0 Å². The number of nitrogens with one attached hydrogen (secondary N) is 1. The van der Waals surface area contributed by atoms with Gasteiger partial charge < -0.3 is 5.32 Å². The monoisotopic (exact) mass is 274 g/mol. The summed E-state index contributed by atoms with van der Waals surface area (Å²) in [5.41, 5.74) is 4.45. The highest BCUT2D eigenvalue weighted by molar-refractivity contribution is 5.37. The Morgan fingerprint density at radius 3 is 2.55 bits per heavy atom. The number of fused-ring (bicyclic) bond motifs is 1. The Hall–Kier alpha value is -0.860. The molecule has 0 heterocycles. The van der Waals surface area contributed by atoms with Crippen LogP contribution in [0.5, 0.6) is 0 Å². The van der Waals surface area contributed by atoms with Crippen LogP contribution in [0.4, 0.5) is 0 Å². The van der Waals surface area contributed by atoms with E-state index in [1.165, 1.54) is 29.5 Å². The minimum Gasteiger partial charge on any atom is -0.309 e. The lowest BCUT2D eigenvalue weighted by atomic mass is 10.1. The van der Waals surface area contributed by atoms with Crippen molar-refractivity contribution in [3.8, 4) is 0 Å². The molecule has 0 fully saturated rings. The summed E-state index contributed by atoms with van der Waals surface area (Å²) < 4.78 is 0. The Kier molecular flexibility index (Phi) is 5.22.